The van der Waals surface area contributed by atoms with Gasteiger partial charge in [-0.1, -0.05) is 56.1 Å². The average molecular weight is 596 g/mol. The van der Waals surface area contributed by atoms with E-state index in [0.717, 1.165) is 18.4 Å². The van der Waals surface area contributed by atoms with Gasteiger partial charge in [-0.3, -0.25) is 13.9 Å². The third-order valence-corrected chi connectivity index (χ3v) is 7.28. The number of amides is 2. The summed E-state index contributed by atoms with van der Waals surface area (Å²) in [7, 11) is -4.22. The van der Waals surface area contributed by atoms with Gasteiger partial charge < -0.3 is 10.2 Å². The SMILES string of the molecule is CCC(C(=O)NCC(C)C)N(Cc1ccc(Cl)cc1)C(=O)CN(c1ccc(Cl)c(C(F)(F)F)c1)S(C)(=O)=O. The first-order valence-electron chi connectivity index (χ1n) is 11.7. The van der Waals surface area contributed by atoms with Crippen molar-refractivity contribution in [3.8, 4) is 0 Å². The Labute approximate surface area is 230 Å². The monoisotopic (exact) mass is 595 g/mol. The van der Waals surface area contributed by atoms with Crippen LogP contribution in [0.2, 0.25) is 10.0 Å². The summed E-state index contributed by atoms with van der Waals surface area (Å²) in [6.07, 6.45) is -3.86. The first-order chi connectivity index (χ1) is 17.5. The van der Waals surface area contributed by atoms with Crippen LogP contribution in [0.5, 0.6) is 0 Å². The maximum Gasteiger partial charge on any atom is 0.417 e. The second kappa shape index (κ2) is 13.0. The Balaban J connectivity index is 2.50. The van der Waals surface area contributed by atoms with E-state index in [4.69, 9.17) is 23.2 Å². The molecule has 0 fully saturated rings. The number of carbonyl (C=O) groups is 2. The van der Waals surface area contributed by atoms with Crippen LogP contribution in [0.25, 0.3) is 0 Å². The largest absolute Gasteiger partial charge is 0.417 e. The molecule has 0 aromatic heterocycles. The molecule has 0 saturated heterocycles. The van der Waals surface area contributed by atoms with Crippen molar-refractivity contribution in [1.82, 2.24) is 10.2 Å². The zero-order chi connectivity index (χ0) is 28.8. The maximum absolute atomic E-state index is 13.6. The number of rotatable bonds is 11. The molecule has 2 aromatic carbocycles. The van der Waals surface area contributed by atoms with Crippen LogP contribution in [0.15, 0.2) is 42.5 Å². The third-order valence-electron chi connectivity index (χ3n) is 5.56. The normalized spacial score (nSPS) is 12.8. The molecule has 1 unspecified atom stereocenters. The van der Waals surface area contributed by atoms with E-state index in [2.05, 4.69) is 5.32 Å². The predicted octanol–water partition coefficient (Wildman–Crippen LogP) is 5.36. The van der Waals surface area contributed by atoms with Crippen molar-refractivity contribution in [2.75, 3.05) is 23.7 Å². The number of halogens is 5. The molecule has 1 atom stereocenters. The van der Waals surface area contributed by atoms with Crippen LogP contribution in [0.1, 0.15) is 38.3 Å². The standard InChI is InChI=1S/C25H30Cl2F3N3O4S/c1-5-22(24(35)31-13-16(2)3)32(14-17-6-8-18(26)9-7-17)23(34)15-33(38(4,36)37)19-10-11-21(27)20(12-19)25(28,29)30/h6-12,16,22H,5,13-15H2,1-4H3,(H,31,35). The molecule has 0 heterocycles. The van der Waals surface area contributed by atoms with E-state index in [0.29, 0.717) is 27.5 Å². The molecular weight excluding hydrogens is 566 g/mol. The fourth-order valence-electron chi connectivity index (χ4n) is 3.63. The van der Waals surface area contributed by atoms with E-state index in [1.165, 1.54) is 4.90 Å². The molecule has 2 aromatic rings. The molecule has 38 heavy (non-hydrogen) atoms. The molecule has 0 radical (unpaired) electrons. The molecule has 0 aliphatic heterocycles. The van der Waals surface area contributed by atoms with Gasteiger partial charge in [-0.05, 0) is 48.2 Å². The van der Waals surface area contributed by atoms with Crippen molar-refractivity contribution in [3.05, 3.63) is 63.6 Å². The van der Waals surface area contributed by atoms with Gasteiger partial charge in [0, 0.05) is 18.1 Å². The van der Waals surface area contributed by atoms with Crippen molar-refractivity contribution in [2.24, 2.45) is 5.92 Å². The first-order valence-corrected chi connectivity index (χ1v) is 14.3. The van der Waals surface area contributed by atoms with Crippen LogP contribution in [-0.2, 0) is 32.3 Å². The molecule has 0 aliphatic rings. The number of sulfonamides is 1. The zero-order valence-corrected chi connectivity index (χ0v) is 23.7. The number of anilines is 1. The smallest absolute Gasteiger partial charge is 0.354 e. The quantitative estimate of drug-likeness (QED) is 0.379. The van der Waals surface area contributed by atoms with Crippen LogP contribution in [0.4, 0.5) is 18.9 Å². The third kappa shape index (κ3) is 8.78. The Morgan fingerprint density at radius 2 is 1.66 bits per heavy atom. The minimum Gasteiger partial charge on any atom is -0.354 e. The highest BCUT2D eigenvalue weighted by molar-refractivity contribution is 7.92. The van der Waals surface area contributed by atoms with E-state index in [9.17, 15) is 31.2 Å². The number of nitrogens with zero attached hydrogens (tertiary/aromatic N) is 2. The maximum atomic E-state index is 13.6. The highest BCUT2D eigenvalue weighted by Gasteiger charge is 2.36. The van der Waals surface area contributed by atoms with Gasteiger partial charge in [0.15, 0.2) is 0 Å². The van der Waals surface area contributed by atoms with E-state index in [1.54, 1.807) is 31.2 Å². The van der Waals surface area contributed by atoms with Crippen molar-refractivity contribution < 1.29 is 31.2 Å². The molecule has 1 N–H and O–H groups in total. The van der Waals surface area contributed by atoms with Crippen LogP contribution >= 0.6 is 23.2 Å². The van der Waals surface area contributed by atoms with Crippen LogP contribution in [-0.4, -0.2) is 50.5 Å². The predicted molar refractivity (Wildman–Crippen MR) is 143 cm³/mol. The van der Waals surface area contributed by atoms with Crippen molar-refractivity contribution in [3.63, 3.8) is 0 Å². The number of nitrogens with one attached hydrogen (secondary N) is 1. The van der Waals surface area contributed by atoms with Crippen LogP contribution < -0.4 is 9.62 Å². The summed E-state index contributed by atoms with van der Waals surface area (Å²) in [6, 6.07) is 8.14. The van der Waals surface area contributed by atoms with E-state index < -0.39 is 51.2 Å². The van der Waals surface area contributed by atoms with Crippen LogP contribution in [0.3, 0.4) is 0 Å². The Morgan fingerprint density at radius 3 is 2.16 bits per heavy atom. The van der Waals surface area contributed by atoms with Gasteiger partial charge in [0.2, 0.25) is 21.8 Å². The minimum absolute atomic E-state index is 0.0599. The highest BCUT2D eigenvalue weighted by atomic mass is 35.5. The van der Waals surface area contributed by atoms with Gasteiger partial charge in [-0.25, -0.2) is 8.42 Å². The molecule has 0 bridgehead atoms. The molecule has 0 aliphatic carbocycles. The highest BCUT2D eigenvalue weighted by Crippen LogP contribution is 2.37. The van der Waals surface area contributed by atoms with Gasteiger partial charge in [0.1, 0.15) is 12.6 Å². The number of benzene rings is 2. The van der Waals surface area contributed by atoms with Crippen molar-refractivity contribution in [1.29, 1.82) is 0 Å². The summed E-state index contributed by atoms with van der Waals surface area (Å²) in [5.74, 6) is -1.06. The van der Waals surface area contributed by atoms with Gasteiger partial charge in [-0.15, -0.1) is 0 Å². The fraction of sp³-hybridized carbons (Fsp3) is 0.440. The second-order valence-corrected chi connectivity index (χ2v) is 11.9. The van der Waals surface area contributed by atoms with Gasteiger partial charge in [0.05, 0.1) is 22.5 Å². The second-order valence-electron chi connectivity index (χ2n) is 9.14. The lowest BCUT2D eigenvalue weighted by Gasteiger charge is -2.33. The van der Waals surface area contributed by atoms with E-state index >= 15 is 0 Å². The lowest BCUT2D eigenvalue weighted by atomic mass is 10.1. The summed E-state index contributed by atoms with van der Waals surface area (Å²) in [5, 5.41) is 2.63. The zero-order valence-electron chi connectivity index (χ0n) is 21.4. The summed E-state index contributed by atoms with van der Waals surface area (Å²) in [5.41, 5.74) is -1.01. The Morgan fingerprint density at radius 1 is 1.05 bits per heavy atom. The Bertz CT molecular complexity index is 1240. The number of carbonyl (C=O) groups excluding carboxylic acids is 2. The van der Waals surface area contributed by atoms with Crippen molar-refractivity contribution >= 4 is 50.7 Å². The van der Waals surface area contributed by atoms with E-state index in [-0.39, 0.29) is 24.6 Å². The Hall–Kier alpha value is -2.50. The molecule has 13 heteroatoms. The Kier molecular flexibility index (Phi) is 10.9. The van der Waals surface area contributed by atoms with Crippen molar-refractivity contribution in [2.45, 2.75) is 46.0 Å². The molecule has 0 saturated carbocycles. The number of alkyl halides is 3. The molecule has 210 valence electrons. The van der Waals surface area contributed by atoms with Gasteiger partial charge >= 0.3 is 6.18 Å². The summed E-state index contributed by atoms with van der Waals surface area (Å²) in [6.45, 7) is 4.98. The lowest BCUT2D eigenvalue weighted by molar-refractivity contribution is -0.140. The number of hydrogen-bond acceptors (Lipinski definition) is 4. The molecule has 2 amide bonds. The molecule has 2 rings (SSSR count). The van der Waals surface area contributed by atoms with Gasteiger partial charge in [-0.2, -0.15) is 13.2 Å². The van der Waals surface area contributed by atoms with E-state index in [1.807, 2.05) is 13.8 Å². The lowest BCUT2D eigenvalue weighted by Crippen LogP contribution is -2.52. The number of hydrogen-bond donors (Lipinski definition) is 1. The van der Waals surface area contributed by atoms with Crippen LogP contribution in [0, 0.1) is 5.92 Å². The summed E-state index contributed by atoms with van der Waals surface area (Å²) in [4.78, 5) is 27.8. The summed E-state index contributed by atoms with van der Waals surface area (Å²) >= 11 is 11.6. The molecule has 0 spiro atoms. The van der Waals surface area contributed by atoms with Gasteiger partial charge in [0.25, 0.3) is 0 Å². The first kappa shape index (κ1) is 31.7. The molecule has 7 nitrogen and oxygen atoms in total. The fourth-order valence-corrected chi connectivity index (χ4v) is 4.82. The molecular formula is C25H30Cl2F3N3O4S. The topological polar surface area (TPSA) is 86.8 Å². The minimum atomic E-state index is -4.84. The summed E-state index contributed by atoms with van der Waals surface area (Å²) < 4.78 is 66.1. The average Bonchev–Trinajstić information content (AvgIpc) is 2.81.